The summed E-state index contributed by atoms with van der Waals surface area (Å²) in [6.07, 6.45) is 1.14. The van der Waals surface area contributed by atoms with Crippen LogP contribution in [0.2, 0.25) is 0 Å². The van der Waals surface area contributed by atoms with Gasteiger partial charge in [-0.3, -0.25) is 0 Å². The van der Waals surface area contributed by atoms with E-state index in [4.69, 9.17) is 0 Å². The van der Waals surface area contributed by atoms with Crippen LogP contribution in [0.15, 0.2) is 57.8 Å². The Balaban J connectivity index is 2.35. The van der Waals surface area contributed by atoms with E-state index in [0.29, 0.717) is 11.1 Å². The predicted octanol–water partition coefficient (Wildman–Crippen LogP) is 2.94. The van der Waals surface area contributed by atoms with Gasteiger partial charge in [-0.2, -0.15) is 12.8 Å². The number of hydrogen-bond donors (Lipinski definition) is 0. The quantitative estimate of drug-likeness (QED) is 0.810. The van der Waals surface area contributed by atoms with Crippen molar-refractivity contribution < 1.29 is 12.8 Å². The van der Waals surface area contributed by atoms with E-state index in [1.807, 2.05) is 0 Å². The molecule has 0 amide bonds. The molecule has 0 saturated carbocycles. The number of halogens is 1. The molecule has 0 radical (unpaired) electrons. The highest BCUT2D eigenvalue weighted by Crippen LogP contribution is 2.16. The molecule has 5 heteroatoms. The van der Waals surface area contributed by atoms with Gasteiger partial charge in [-0.25, -0.2) is 4.39 Å². The molecule has 19 heavy (non-hydrogen) atoms. The van der Waals surface area contributed by atoms with Gasteiger partial charge in [0.15, 0.2) is 0 Å². The molecule has 2 rings (SSSR count). The number of aryl methyl sites for hydroxylation is 1. The van der Waals surface area contributed by atoms with Crippen LogP contribution in [-0.2, 0) is 10.0 Å². The van der Waals surface area contributed by atoms with E-state index < -0.39 is 15.8 Å². The molecule has 0 aliphatic rings. The molecule has 0 unspecified atom stereocenters. The fourth-order valence-electron chi connectivity index (χ4n) is 1.62. The van der Waals surface area contributed by atoms with Crippen LogP contribution in [-0.4, -0.2) is 14.6 Å². The van der Waals surface area contributed by atoms with E-state index in [9.17, 15) is 12.8 Å². The summed E-state index contributed by atoms with van der Waals surface area (Å²) >= 11 is 0. The lowest BCUT2D eigenvalue weighted by atomic mass is 10.2. The summed E-state index contributed by atoms with van der Waals surface area (Å²) in [4.78, 5) is 0.155. The Kier molecular flexibility index (Phi) is 3.76. The zero-order valence-corrected chi connectivity index (χ0v) is 11.1. The molecule has 98 valence electrons. The molecule has 0 aliphatic heterocycles. The topological polar surface area (TPSA) is 46.5 Å². The van der Waals surface area contributed by atoms with Gasteiger partial charge in [0.05, 0.1) is 4.90 Å². The summed E-state index contributed by atoms with van der Waals surface area (Å²) in [5.74, 6) is -0.433. The van der Waals surface area contributed by atoms with Gasteiger partial charge < -0.3 is 0 Å². The van der Waals surface area contributed by atoms with Crippen molar-refractivity contribution in [2.45, 2.75) is 11.8 Å². The zero-order valence-electron chi connectivity index (χ0n) is 10.2. The van der Waals surface area contributed by atoms with Gasteiger partial charge >= 0.3 is 0 Å². The molecule has 0 saturated heterocycles. The number of nitrogens with zero attached hydrogens (tertiary/aromatic N) is 1. The van der Waals surface area contributed by atoms with Crippen LogP contribution in [0.3, 0.4) is 0 Å². The third-order valence-corrected chi connectivity index (χ3v) is 3.96. The Hall–Kier alpha value is -2.01. The number of hydrogen-bond acceptors (Lipinski definition) is 2. The van der Waals surface area contributed by atoms with Gasteiger partial charge in [0.25, 0.3) is 10.0 Å². The Morgan fingerprint density at radius 1 is 1.11 bits per heavy atom. The van der Waals surface area contributed by atoms with Crippen molar-refractivity contribution in [3.8, 4) is 0 Å². The second-order valence-corrected chi connectivity index (χ2v) is 5.63. The number of sulfonamides is 1. The summed E-state index contributed by atoms with van der Waals surface area (Å²) in [7, 11) is -3.75. The lowest BCUT2D eigenvalue weighted by Gasteiger charge is -2.02. The van der Waals surface area contributed by atoms with Crippen molar-refractivity contribution in [3.63, 3.8) is 0 Å². The van der Waals surface area contributed by atoms with Gasteiger partial charge in [-0.05, 0) is 36.2 Å². The first-order valence-corrected chi connectivity index (χ1v) is 7.04. The minimum Gasteiger partial charge on any atom is -0.207 e. The first-order chi connectivity index (χ1) is 8.99. The monoisotopic (exact) mass is 277 g/mol. The highest BCUT2D eigenvalue weighted by Gasteiger charge is 2.13. The molecular weight excluding hydrogens is 265 g/mol. The zero-order chi connectivity index (χ0) is 13.9. The Labute approximate surface area is 111 Å². The fourth-order valence-corrected chi connectivity index (χ4v) is 2.72. The van der Waals surface area contributed by atoms with Crippen molar-refractivity contribution >= 4 is 16.2 Å². The predicted molar refractivity (Wildman–Crippen MR) is 72.4 cm³/mol. The summed E-state index contributed by atoms with van der Waals surface area (Å²) in [5.41, 5.74) is 1.02. The first kappa shape index (κ1) is 13.4. The van der Waals surface area contributed by atoms with Crippen molar-refractivity contribution in [1.82, 2.24) is 0 Å². The smallest absolute Gasteiger partial charge is 0.207 e. The van der Waals surface area contributed by atoms with Crippen LogP contribution in [0.1, 0.15) is 11.1 Å². The fraction of sp³-hybridized carbons (Fsp3) is 0.0714. The molecule has 0 bridgehead atoms. The first-order valence-electron chi connectivity index (χ1n) is 5.60. The van der Waals surface area contributed by atoms with Crippen LogP contribution >= 0.6 is 0 Å². The molecule has 0 atom stereocenters. The highest BCUT2D eigenvalue weighted by atomic mass is 32.2. The van der Waals surface area contributed by atoms with E-state index in [1.165, 1.54) is 24.3 Å². The highest BCUT2D eigenvalue weighted by molar-refractivity contribution is 7.90. The minimum absolute atomic E-state index is 0.155. The number of rotatable bonds is 3. The Morgan fingerprint density at radius 2 is 1.84 bits per heavy atom. The molecule has 2 aromatic rings. The maximum Gasteiger partial charge on any atom is 0.282 e. The summed E-state index contributed by atoms with van der Waals surface area (Å²) in [6.45, 7) is 1.70. The maximum absolute atomic E-state index is 13.0. The van der Waals surface area contributed by atoms with Crippen LogP contribution in [0.25, 0.3) is 0 Å². The summed E-state index contributed by atoms with van der Waals surface area (Å²) in [6, 6.07) is 12.2. The third kappa shape index (κ3) is 3.26. The summed E-state index contributed by atoms with van der Waals surface area (Å²) in [5, 5.41) is 0. The molecule has 0 aliphatic carbocycles. The van der Waals surface area contributed by atoms with Crippen LogP contribution in [0, 0.1) is 12.7 Å². The standard InChI is InChI=1S/C14H12FNO2S/c1-11-5-2-3-8-14(11)19(17,18)16-10-12-6-4-7-13(15)9-12/h2-10H,1H3/b16-10+. The molecule has 0 heterocycles. The molecule has 2 aromatic carbocycles. The Bertz CT molecular complexity index is 724. The normalized spacial score (nSPS) is 11.9. The molecular formula is C14H12FNO2S. The van der Waals surface area contributed by atoms with E-state index in [1.54, 1.807) is 31.2 Å². The van der Waals surface area contributed by atoms with Crippen molar-refractivity contribution in [2.24, 2.45) is 4.40 Å². The van der Waals surface area contributed by atoms with Crippen LogP contribution < -0.4 is 0 Å². The van der Waals surface area contributed by atoms with E-state index >= 15 is 0 Å². The van der Waals surface area contributed by atoms with Crippen LogP contribution in [0.5, 0.6) is 0 Å². The maximum atomic E-state index is 13.0. The molecule has 3 nitrogen and oxygen atoms in total. The van der Waals surface area contributed by atoms with Gasteiger partial charge in [-0.15, -0.1) is 0 Å². The van der Waals surface area contributed by atoms with E-state index in [2.05, 4.69) is 4.40 Å². The second kappa shape index (κ2) is 5.32. The molecule has 0 N–H and O–H groups in total. The second-order valence-electron chi connectivity index (χ2n) is 4.03. The molecule has 0 spiro atoms. The van der Waals surface area contributed by atoms with Gasteiger partial charge in [-0.1, -0.05) is 30.3 Å². The lowest BCUT2D eigenvalue weighted by Crippen LogP contribution is -2.00. The van der Waals surface area contributed by atoms with Gasteiger partial charge in [0.1, 0.15) is 5.82 Å². The Morgan fingerprint density at radius 3 is 2.53 bits per heavy atom. The lowest BCUT2D eigenvalue weighted by molar-refractivity contribution is 0.597. The van der Waals surface area contributed by atoms with Crippen molar-refractivity contribution in [3.05, 3.63) is 65.5 Å². The average molecular weight is 277 g/mol. The third-order valence-electron chi connectivity index (χ3n) is 2.56. The molecule has 0 fully saturated rings. The van der Waals surface area contributed by atoms with Crippen molar-refractivity contribution in [1.29, 1.82) is 0 Å². The largest absolute Gasteiger partial charge is 0.282 e. The summed E-state index contributed by atoms with van der Waals surface area (Å²) < 4.78 is 40.6. The minimum atomic E-state index is -3.75. The van der Waals surface area contributed by atoms with Gasteiger partial charge in [0, 0.05) is 6.21 Å². The molecule has 0 aromatic heterocycles. The van der Waals surface area contributed by atoms with Crippen LogP contribution in [0.4, 0.5) is 4.39 Å². The van der Waals surface area contributed by atoms with E-state index in [0.717, 1.165) is 6.21 Å². The number of benzene rings is 2. The SMILES string of the molecule is Cc1ccccc1S(=O)(=O)/N=C/c1cccc(F)c1. The van der Waals surface area contributed by atoms with Gasteiger partial charge in [0.2, 0.25) is 0 Å². The average Bonchev–Trinajstić information content (AvgIpc) is 2.37. The van der Waals surface area contributed by atoms with Crippen molar-refractivity contribution in [2.75, 3.05) is 0 Å². The van der Waals surface area contributed by atoms with E-state index in [-0.39, 0.29) is 4.90 Å².